The van der Waals surface area contributed by atoms with E-state index in [1.54, 1.807) is 19.1 Å². The molecule has 0 spiro atoms. The highest BCUT2D eigenvalue weighted by Crippen LogP contribution is 2.40. The topological polar surface area (TPSA) is 69.0 Å². The average molecular weight is 382 g/mol. The minimum absolute atomic E-state index is 0.0687. The Kier molecular flexibility index (Phi) is 5.75. The lowest BCUT2D eigenvalue weighted by Crippen LogP contribution is -2.23. The van der Waals surface area contributed by atoms with E-state index < -0.39 is 11.9 Å². The summed E-state index contributed by atoms with van der Waals surface area (Å²) in [5.41, 5.74) is 0.209. The van der Waals surface area contributed by atoms with Crippen LogP contribution in [-0.2, 0) is 11.3 Å². The van der Waals surface area contributed by atoms with Crippen LogP contribution in [-0.4, -0.2) is 32.5 Å². The highest BCUT2D eigenvalue weighted by molar-refractivity contribution is 8.00. The number of hydrogen-bond acceptors (Lipinski definition) is 5. The van der Waals surface area contributed by atoms with Gasteiger partial charge in [-0.15, -0.1) is 10.2 Å². The van der Waals surface area contributed by atoms with E-state index in [1.165, 1.54) is 23.9 Å². The van der Waals surface area contributed by atoms with Crippen LogP contribution in [0.25, 0.3) is 0 Å². The first-order chi connectivity index (χ1) is 12.5. The van der Waals surface area contributed by atoms with E-state index in [-0.39, 0.29) is 17.3 Å². The molecule has 1 atom stereocenters. The summed E-state index contributed by atoms with van der Waals surface area (Å²) < 4.78 is 31.4. The summed E-state index contributed by atoms with van der Waals surface area (Å²) in [6.07, 6.45) is 2.25. The van der Waals surface area contributed by atoms with E-state index in [9.17, 15) is 13.6 Å². The van der Waals surface area contributed by atoms with E-state index in [4.69, 9.17) is 0 Å². The molecule has 1 aliphatic rings. The van der Waals surface area contributed by atoms with Crippen molar-refractivity contribution in [1.29, 1.82) is 0 Å². The van der Waals surface area contributed by atoms with Crippen molar-refractivity contribution >= 4 is 23.4 Å². The van der Waals surface area contributed by atoms with E-state index >= 15 is 0 Å². The van der Waals surface area contributed by atoms with E-state index in [0.717, 1.165) is 25.2 Å². The Morgan fingerprint density at radius 1 is 1.38 bits per heavy atom. The second-order valence-corrected chi connectivity index (χ2v) is 7.29. The second-order valence-electron chi connectivity index (χ2n) is 5.98. The lowest BCUT2D eigenvalue weighted by molar-refractivity contribution is -0.115. The number of carbonyl (C=O) groups is 1. The van der Waals surface area contributed by atoms with Crippen LogP contribution in [0.4, 0.5) is 14.5 Å². The second kappa shape index (κ2) is 8.03. The molecule has 0 saturated heterocycles. The zero-order chi connectivity index (χ0) is 18.7. The standard InChI is InChI=1S/C17H20F2N4O2S/c1-3-23-14(11-8-9-11)21-22-17(23)26-10(2)15(24)20-12-6-4-5-7-13(12)25-16(18)19/h4-7,10-11,16H,3,8-9H2,1-2H3,(H,20,24). The molecule has 0 radical (unpaired) electrons. The molecule has 0 aliphatic heterocycles. The van der Waals surface area contributed by atoms with Crippen molar-refractivity contribution in [2.45, 2.75) is 56.2 Å². The van der Waals surface area contributed by atoms with Crippen molar-refractivity contribution in [1.82, 2.24) is 14.8 Å². The molecule has 3 rings (SSSR count). The third-order valence-electron chi connectivity index (χ3n) is 4.02. The number of benzene rings is 1. The molecule has 1 amide bonds. The fourth-order valence-electron chi connectivity index (χ4n) is 2.54. The molecule has 1 aliphatic carbocycles. The van der Waals surface area contributed by atoms with Crippen molar-refractivity contribution in [3.8, 4) is 5.75 Å². The van der Waals surface area contributed by atoms with Gasteiger partial charge < -0.3 is 14.6 Å². The van der Waals surface area contributed by atoms with Crippen LogP contribution < -0.4 is 10.1 Å². The molecule has 1 aromatic carbocycles. The van der Waals surface area contributed by atoms with Gasteiger partial charge in [-0.1, -0.05) is 23.9 Å². The third-order valence-corrected chi connectivity index (χ3v) is 5.10. The summed E-state index contributed by atoms with van der Waals surface area (Å²) in [6, 6.07) is 6.11. The molecule has 1 unspecified atom stereocenters. The lowest BCUT2D eigenvalue weighted by atomic mass is 10.3. The number of aromatic nitrogens is 3. The number of alkyl halides is 2. The molecular weight excluding hydrogens is 362 g/mol. The van der Waals surface area contributed by atoms with Crippen LogP contribution in [0.1, 0.15) is 38.4 Å². The Balaban J connectivity index is 1.67. The Hall–Kier alpha value is -2.16. The van der Waals surface area contributed by atoms with Gasteiger partial charge in [-0.25, -0.2) is 0 Å². The van der Waals surface area contributed by atoms with Crippen LogP contribution in [0.3, 0.4) is 0 Å². The minimum atomic E-state index is -2.95. The molecule has 0 bridgehead atoms. The molecule has 1 fully saturated rings. The number of hydrogen-bond donors (Lipinski definition) is 1. The molecule has 1 saturated carbocycles. The molecule has 9 heteroatoms. The van der Waals surface area contributed by atoms with Crippen molar-refractivity contribution in [3.63, 3.8) is 0 Å². The van der Waals surface area contributed by atoms with Crippen LogP contribution in [0.15, 0.2) is 29.4 Å². The van der Waals surface area contributed by atoms with Crippen molar-refractivity contribution in [3.05, 3.63) is 30.1 Å². The SMILES string of the molecule is CCn1c(SC(C)C(=O)Nc2ccccc2OC(F)F)nnc1C1CC1. The molecule has 140 valence electrons. The molecule has 1 heterocycles. The molecule has 1 N–H and O–H groups in total. The van der Waals surface area contributed by atoms with Crippen LogP contribution in [0, 0.1) is 0 Å². The number of rotatable bonds is 8. The third kappa shape index (κ3) is 4.32. The summed E-state index contributed by atoms with van der Waals surface area (Å²) >= 11 is 1.30. The summed E-state index contributed by atoms with van der Waals surface area (Å²) in [4.78, 5) is 12.5. The Labute approximate surface area is 154 Å². The predicted octanol–water partition coefficient (Wildman–Crippen LogP) is 3.90. The zero-order valence-electron chi connectivity index (χ0n) is 14.5. The van der Waals surface area contributed by atoms with Crippen LogP contribution in [0.2, 0.25) is 0 Å². The van der Waals surface area contributed by atoms with Crippen LogP contribution in [0.5, 0.6) is 5.75 Å². The van der Waals surface area contributed by atoms with Crippen molar-refractivity contribution < 1.29 is 18.3 Å². The maximum atomic E-state index is 12.5. The molecule has 1 aromatic heterocycles. The van der Waals surface area contributed by atoms with Gasteiger partial charge in [0.25, 0.3) is 0 Å². The molecular formula is C17H20F2N4O2S. The maximum Gasteiger partial charge on any atom is 0.387 e. The van der Waals surface area contributed by atoms with E-state index in [1.807, 2.05) is 11.5 Å². The normalized spacial score (nSPS) is 15.1. The van der Waals surface area contributed by atoms with Gasteiger partial charge in [-0.05, 0) is 38.8 Å². The Morgan fingerprint density at radius 3 is 2.77 bits per heavy atom. The minimum Gasteiger partial charge on any atom is -0.433 e. The number of anilines is 1. The fourth-order valence-corrected chi connectivity index (χ4v) is 3.46. The largest absolute Gasteiger partial charge is 0.433 e. The van der Waals surface area contributed by atoms with Gasteiger partial charge in [0, 0.05) is 12.5 Å². The first kappa shape index (κ1) is 18.6. The number of thioether (sulfide) groups is 1. The number of ether oxygens (including phenoxy) is 1. The smallest absolute Gasteiger partial charge is 0.387 e. The van der Waals surface area contributed by atoms with Gasteiger partial charge in [-0.3, -0.25) is 4.79 Å². The van der Waals surface area contributed by atoms with Crippen molar-refractivity contribution in [2.24, 2.45) is 0 Å². The fraction of sp³-hybridized carbons (Fsp3) is 0.471. The lowest BCUT2D eigenvalue weighted by Gasteiger charge is -2.15. The summed E-state index contributed by atoms with van der Waals surface area (Å²) in [5, 5.41) is 11.3. The number of nitrogens with zero attached hydrogens (tertiary/aromatic N) is 3. The summed E-state index contributed by atoms with van der Waals surface area (Å²) in [6.45, 7) is 1.54. The van der Waals surface area contributed by atoms with Crippen molar-refractivity contribution in [2.75, 3.05) is 5.32 Å². The van der Waals surface area contributed by atoms with E-state index in [0.29, 0.717) is 11.1 Å². The van der Waals surface area contributed by atoms with Gasteiger partial charge in [0.15, 0.2) is 5.16 Å². The van der Waals surface area contributed by atoms with Gasteiger partial charge in [-0.2, -0.15) is 8.78 Å². The first-order valence-electron chi connectivity index (χ1n) is 8.44. The molecule has 2 aromatic rings. The van der Waals surface area contributed by atoms with E-state index in [2.05, 4.69) is 20.3 Å². The highest BCUT2D eigenvalue weighted by atomic mass is 32.2. The maximum absolute atomic E-state index is 12.5. The Morgan fingerprint density at radius 2 is 2.12 bits per heavy atom. The summed E-state index contributed by atoms with van der Waals surface area (Å²) in [7, 11) is 0. The molecule has 26 heavy (non-hydrogen) atoms. The quantitative estimate of drug-likeness (QED) is 0.702. The number of nitrogens with one attached hydrogen (secondary N) is 1. The highest BCUT2D eigenvalue weighted by Gasteiger charge is 2.30. The molecule has 6 nitrogen and oxygen atoms in total. The first-order valence-corrected chi connectivity index (χ1v) is 9.32. The number of carbonyl (C=O) groups excluding carboxylic acids is 1. The van der Waals surface area contributed by atoms with Gasteiger partial charge >= 0.3 is 6.61 Å². The number of amides is 1. The number of halogens is 2. The zero-order valence-corrected chi connectivity index (χ0v) is 15.3. The van der Waals surface area contributed by atoms with Gasteiger partial charge in [0.05, 0.1) is 10.9 Å². The number of para-hydroxylation sites is 2. The van der Waals surface area contributed by atoms with Gasteiger partial charge in [0.1, 0.15) is 11.6 Å². The summed E-state index contributed by atoms with van der Waals surface area (Å²) in [5.74, 6) is 1.05. The predicted molar refractivity (Wildman–Crippen MR) is 94.7 cm³/mol. The Bertz CT molecular complexity index is 780. The van der Waals surface area contributed by atoms with Crippen LogP contribution >= 0.6 is 11.8 Å². The monoisotopic (exact) mass is 382 g/mol. The van der Waals surface area contributed by atoms with Gasteiger partial charge in [0.2, 0.25) is 5.91 Å². The average Bonchev–Trinajstić information content (AvgIpc) is 3.37.